The van der Waals surface area contributed by atoms with Gasteiger partial charge in [0.1, 0.15) is 0 Å². The van der Waals surface area contributed by atoms with Crippen LogP contribution >= 0.6 is 11.8 Å². The van der Waals surface area contributed by atoms with Gasteiger partial charge >= 0.3 is 0 Å². The number of rotatable bonds is 4. The maximum absolute atomic E-state index is 8.98. The molecule has 100 valence electrons. The molecule has 5 nitrogen and oxygen atoms in total. The third-order valence-corrected chi connectivity index (χ3v) is 3.57. The Morgan fingerprint density at radius 2 is 2.32 bits per heavy atom. The van der Waals surface area contributed by atoms with Gasteiger partial charge in [-0.1, -0.05) is 18.1 Å². The van der Waals surface area contributed by atoms with Crippen LogP contribution in [0.15, 0.2) is 40.6 Å². The molecular formula is C13H16N4OS. The van der Waals surface area contributed by atoms with Gasteiger partial charge in [0.2, 0.25) is 0 Å². The highest BCUT2D eigenvalue weighted by molar-refractivity contribution is 7.99. The maximum Gasteiger partial charge on any atom is 0.173 e. The molecule has 6 heteroatoms. The fourth-order valence-corrected chi connectivity index (χ4v) is 2.68. The first-order valence-electron chi connectivity index (χ1n) is 5.92. The van der Waals surface area contributed by atoms with Crippen molar-refractivity contribution >= 4 is 17.6 Å². The SMILES string of the molecule is CCSc1cccc(-n2cc(C)cn2)c1/C(N)=N/O. The van der Waals surface area contributed by atoms with Crippen molar-refractivity contribution in [2.45, 2.75) is 18.7 Å². The van der Waals surface area contributed by atoms with Crippen LogP contribution in [0.1, 0.15) is 18.1 Å². The maximum atomic E-state index is 8.98. The third kappa shape index (κ3) is 2.73. The Morgan fingerprint density at radius 1 is 1.53 bits per heavy atom. The molecule has 3 N–H and O–H groups in total. The van der Waals surface area contributed by atoms with Gasteiger partial charge in [-0.2, -0.15) is 5.10 Å². The second kappa shape index (κ2) is 5.79. The van der Waals surface area contributed by atoms with Crippen LogP contribution in [0, 0.1) is 6.92 Å². The lowest BCUT2D eigenvalue weighted by atomic mass is 10.1. The van der Waals surface area contributed by atoms with Crippen LogP contribution in [0.2, 0.25) is 0 Å². The predicted molar refractivity (Wildman–Crippen MR) is 77.2 cm³/mol. The van der Waals surface area contributed by atoms with Crippen LogP contribution in [-0.4, -0.2) is 26.6 Å². The molecule has 0 unspecified atom stereocenters. The van der Waals surface area contributed by atoms with E-state index in [1.807, 2.05) is 31.3 Å². The summed E-state index contributed by atoms with van der Waals surface area (Å²) in [6, 6.07) is 5.80. The average Bonchev–Trinajstić information content (AvgIpc) is 2.84. The van der Waals surface area contributed by atoms with Crippen LogP contribution in [-0.2, 0) is 0 Å². The highest BCUT2D eigenvalue weighted by Crippen LogP contribution is 2.27. The number of amidine groups is 1. The lowest BCUT2D eigenvalue weighted by Crippen LogP contribution is -2.18. The van der Waals surface area contributed by atoms with Crippen LogP contribution in [0.5, 0.6) is 0 Å². The summed E-state index contributed by atoms with van der Waals surface area (Å²) >= 11 is 1.65. The summed E-state index contributed by atoms with van der Waals surface area (Å²) in [7, 11) is 0. The fourth-order valence-electron chi connectivity index (χ4n) is 1.84. The Kier molecular flexibility index (Phi) is 4.11. The van der Waals surface area contributed by atoms with Gasteiger partial charge in [0, 0.05) is 11.1 Å². The molecule has 1 aromatic carbocycles. The van der Waals surface area contributed by atoms with E-state index in [9.17, 15) is 0 Å². The number of aromatic nitrogens is 2. The van der Waals surface area contributed by atoms with E-state index in [-0.39, 0.29) is 5.84 Å². The third-order valence-electron chi connectivity index (χ3n) is 2.63. The second-order valence-electron chi connectivity index (χ2n) is 4.03. The molecule has 0 atom stereocenters. The lowest BCUT2D eigenvalue weighted by molar-refractivity contribution is 0.318. The average molecular weight is 276 g/mol. The number of hydrogen-bond donors (Lipinski definition) is 2. The molecule has 1 heterocycles. The van der Waals surface area contributed by atoms with E-state index >= 15 is 0 Å². The Labute approximate surface area is 116 Å². The topological polar surface area (TPSA) is 76.4 Å². The van der Waals surface area contributed by atoms with E-state index in [0.717, 1.165) is 21.9 Å². The molecule has 0 fully saturated rings. The number of hydrogen-bond acceptors (Lipinski definition) is 4. The van der Waals surface area contributed by atoms with Crippen molar-refractivity contribution in [3.8, 4) is 5.69 Å². The summed E-state index contributed by atoms with van der Waals surface area (Å²) in [5, 5.41) is 16.4. The van der Waals surface area contributed by atoms with Gasteiger partial charge < -0.3 is 10.9 Å². The summed E-state index contributed by atoms with van der Waals surface area (Å²) in [5.74, 6) is 1.01. The molecule has 0 bridgehead atoms. The van der Waals surface area contributed by atoms with Crippen LogP contribution in [0.25, 0.3) is 5.69 Å². The highest BCUT2D eigenvalue weighted by atomic mass is 32.2. The zero-order chi connectivity index (χ0) is 13.8. The zero-order valence-electron chi connectivity index (χ0n) is 10.9. The monoisotopic (exact) mass is 276 g/mol. The van der Waals surface area contributed by atoms with Crippen LogP contribution < -0.4 is 5.73 Å². The normalized spacial score (nSPS) is 11.8. The lowest BCUT2D eigenvalue weighted by Gasteiger charge is -2.12. The molecule has 2 aromatic rings. The summed E-state index contributed by atoms with van der Waals surface area (Å²) in [5.41, 5.74) is 8.39. The largest absolute Gasteiger partial charge is 0.409 e. The molecule has 0 aliphatic rings. The van der Waals surface area contributed by atoms with Crippen molar-refractivity contribution in [2.24, 2.45) is 10.9 Å². The van der Waals surface area contributed by atoms with Crippen molar-refractivity contribution in [3.05, 3.63) is 41.7 Å². The zero-order valence-corrected chi connectivity index (χ0v) is 11.7. The van der Waals surface area contributed by atoms with E-state index < -0.39 is 0 Å². The predicted octanol–water partition coefficient (Wildman–Crippen LogP) is 2.39. The standard InChI is InChI=1S/C13H16N4OS/c1-3-19-11-6-4-5-10(12(11)13(14)16-18)17-8-9(2)7-15-17/h4-8,18H,3H2,1-2H3,(H2,14,16). The number of thioether (sulfide) groups is 1. The van der Waals surface area contributed by atoms with Crippen molar-refractivity contribution in [1.82, 2.24) is 9.78 Å². The molecule has 0 radical (unpaired) electrons. The van der Waals surface area contributed by atoms with Gasteiger partial charge in [0.05, 0.1) is 17.4 Å². The first kappa shape index (κ1) is 13.5. The summed E-state index contributed by atoms with van der Waals surface area (Å²) < 4.78 is 1.74. The molecule has 2 rings (SSSR count). The van der Waals surface area contributed by atoms with E-state index in [2.05, 4.69) is 17.2 Å². The molecule has 1 aromatic heterocycles. The summed E-state index contributed by atoms with van der Waals surface area (Å²) in [4.78, 5) is 0.975. The van der Waals surface area contributed by atoms with Gasteiger partial charge in [-0.05, 0) is 30.4 Å². The van der Waals surface area contributed by atoms with Crippen LogP contribution in [0.3, 0.4) is 0 Å². The Hall–Kier alpha value is -1.95. The minimum Gasteiger partial charge on any atom is -0.409 e. The quantitative estimate of drug-likeness (QED) is 0.295. The highest BCUT2D eigenvalue weighted by Gasteiger charge is 2.14. The summed E-state index contributed by atoms with van der Waals surface area (Å²) in [6.07, 6.45) is 3.68. The number of aryl methyl sites for hydroxylation is 1. The van der Waals surface area contributed by atoms with Gasteiger partial charge in [0.15, 0.2) is 5.84 Å². The smallest absolute Gasteiger partial charge is 0.173 e. The molecule has 0 amide bonds. The number of nitrogens with two attached hydrogens (primary N) is 1. The van der Waals surface area contributed by atoms with Gasteiger partial charge in [0.25, 0.3) is 0 Å². The molecule has 0 aliphatic heterocycles. The van der Waals surface area contributed by atoms with E-state index in [0.29, 0.717) is 5.56 Å². The van der Waals surface area contributed by atoms with Crippen LogP contribution in [0.4, 0.5) is 0 Å². The van der Waals surface area contributed by atoms with Crippen molar-refractivity contribution < 1.29 is 5.21 Å². The second-order valence-corrected chi connectivity index (χ2v) is 5.34. The van der Waals surface area contributed by atoms with E-state index in [4.69, 9.17) is 10.9 Å². The first-order valence-corrected chi connectivity index (χ1v) is 6.91. The summed E-state index contributed by atoms with van der Waals surface area (Å²) in [6.45, 7) is 4.03. The van der Waals surface area contributed by atoms with Crippen molar-refractivity contribution in [3.63, 3.8) is 0 Å². The van der Waals surface area contributed by atoms with Gasteiger partial charge in [-0.3, -0.25) is 0 Å². The van der Waals surface area contributed by atoms with E-state index in [1.54, 1.807) is 22.6 Å². The Bertz CT molecular complexity index is 606. The minimum atomic E-state index is 0.0969. The Morgan fingerprint density at radius 3 is 2.89 bits per heavy atom. The first-order chi connectivity index (χ1) is 9.17. The number of benzene rings is 1. The molecule has 0 spiro atoms. The molecule has 0 saturated carbocycles. The van der Waals surface area contributed by atoms with Gasteiger partial charge in [-0.25, -0.2) is 4.68 Å². The molecule has 19 heavy (non-hydrogen) atoms. The minimum absolute atomic E-state index is 0.0969. The van der Waals surface area contributed by atoms with Crippen molar-refractivity contribution in [2.75, 3.05) is 5.75 Å². The van der Waals surface area contributed by atoms with E-state index in [1.165, 1.54) is 0 Å². The fraction of sp³-hybridized carbons (Fsp3) is 0.231. The molecule has 0 saturated heterocycles. The Balaban J connectivity index is 2.63. The van der Waals surface area contributed by atoms with Crippen molar-refractivity contribution in [1.29, 1.82) is 0 Å². The molecule has 0 aliphatic carbocycles. The number of oxime groups is 1. The molecular weight excluding hydrogens is 260 g/mol. The van der Waals surface area contributed by atoms with Gasteiger partial charge in [-0.15, -0.1) is 11.8 Å². The number of nitrogens with zero attached hydrogens (tertiary/aromatic N) is 3.